The second-order valence-electron chi connectivity index (χ2n) is 6.50. The predicted octanol–water partition coefficient (Wildman–Crippen LogP) is 3.95. The second-order valence-corrected chi connectivity index (χ2v) is 6.50. The minimum Gasteiger partial charge on any atom is -0.489 e. The van der Waals surface area contributed by atoms with Gasteiger partial charge < -0.3 is 19.3 Å². The highest BCUT2D eigenvalue weighted by atomic mass is 16.5. The Bertz CT molecular complexity index is 930. The quantitative estimate of drug-likeness (QED) is 0.641. The standard InChI is InChI=1S/C22H24N2O4/c1-15-21(16(2)28-24-15)14-27-20-10-6-9-17(11-20)22(25)23-12-18-7-4-5-8-19(18)13-26-3/h4-11H,12-14H2,1-3H3,(H,23,25). The Morgan fingerprint density at radius 2 is 1.86 bits per heavy atom. The lowest BCUT2D eigenvalue weighted by Crippen LogP contribution is -2.23. The minimum absolute atomic E-state index is 0.157. The largest absolute Gasteiger partial charge is 0.489 e. The summed E-state index contributed by atoms with van der Waals surface area (Å²) in [6, 6.07) is 15.0. The fourth-order valence-corrected chi connectivity index (χ4v) is 2.89. The molecule has 3 aromatic rings. The molecule has 0 aliphatic rings. The number of carbonyl (C=O) groups excluding carboxylic acids is 1. The predicted molar refractivity (Wildman–Crippen MR) is 105 cm³/mol. The first-order chi connectivity index (χ1) is 13.6. The first-order valence-corrected chi connectivity index (χ1v) is 9.07. The topological polar surface area (TPSA) is 73.6 Å². The van der Waals surface area contributed by atoms with Crippen molar-refractivity contribution in [2.75, 3.05) is 7.11 Å². The van der Waals surface area contributed by atoms with Crippen molar-refractivity contribution in [3.63, 3.8) is 0 Å². The SMILES string of the molecule is COCc1ccccc1CNC(=O)c1cccc(OCc2c(C)noc2C)c1. The van der Waals surface area contributed by atoms with Gasteiger partial charge in [-0.3, -0.25) is 4.79 Å². The molecule has 2 aromatic carbocycles. The van der Waals surface area contributed by atoms with Gasteiger partial charge in [0.2, 0.25) is 0 Å². The lowest BCUT2D eigenvalue weighted by atomic mass is 10.1. The number of amides is 1. The Hall–Kier alpha value is -3.12. The highest BCUT2D eigenvalue weighted by molar-refractivity contribution is 5.94. The Balaban J connectivity index is 1.62. The van der Waals surface area contributed by atoms with Crippen LogP contribution in [-0.4, -0.2) is 18.2 Å². The molecule has 0 fully saturated rings. The van der Waals surface area contributed by atoms with Crippen LogP contribution in [0.5, 0.6) is 5.75 Å². The molecule has 1 heterocycles. The molecular weight excluding hydrogens is 356 g/mol. The van der Waals surface area contributed by atoms with Gasteiger partial charge in [0, 0.05) is 19.2 Å². The smallest absolute Gasteiger partial charge is 0.251 e. The number of hydrogen-bond donors (Lipinski definition) is 1. The van der Waals surface area contributed by atoms with Crippen LogP contribution >= 0.6 is 0 Å². The Morgan fingerprint density at radius 3 is 2.57 bits per heavy atom. The maximum Gasteiger partial charge on any atom is 0.251 e. The van der Waals surface area contributed by atoms with Crippen LogP contribution in [0.25, 0.3) is 0 Å². The van der Waals surface area contributed by atoms with Gasteiger partial charge in [-0.05, 0) is 43.2 Å². The number of aromatic nitrogens is 1. The molecule has 3 rings (SSSR count). The number of aryl methyl sites for hydroxylation is 2. The normalized spacial score (nSPS) is 10.7. The van der Waals surface area contributed by atoms with E-state index in [2.05, 4.69) is 10.5 Å². The molecule has 1 N–H and O–H groups in total. The highest BCUT2D eigenvalue weighted by Crippen LogP contribution is 2.19. The first-order valence-electron chi connectivity index (χ1n) is 9.07. The van der Waals surface area contributed by atoms with Gasteiger partial charge in [-0.2, -0.15) is 0 Å². The van der Waals surface area contributed by atoms with E-state index >= 15 is 0 Å². The number of methoxy groups -OCH3 is 1. The monoisotopic (exact) mass is 380 g/mol. The van der Waals surface area contributed by atoms with Crippen LogP contribution in [-0.2, 0) is 24.5 Å². The number of benzene rings is 2. The lowest BCUT2D eigenvalue weighted by Gasteiger charge is -2.11. The van der Waals surface area contributed by atoms with Crippen LogP contribution in [0.3, 0.4) is 0 Å². The highest BCUT2D eigenvalue weighted by Gasteiger charge is 2.11. The Morgan fingerprint density at radius 1 is 1.07 bits per heavy atom. The molecule has 0 saturated carbocycles. The summed E-state index contributed by atoms with van der Waals surface area (Å²) < 4.78 is 16.2. The summed E-state index contributed by atoms with van der Waals surface area (Å²) in [6.45, 7) is 5.01. The molecule has 0 unspecified atom stereocenters. The molecule has 1 aromatic heterocycles. The van der Waals surface area contributed by atoms with E-state index in [4.69, 9.17) is 14.0 Å². The molecule has 0 aliphatic heterocycles. The van der Waals surface area contributed by atoms with Crippen LogP contribution in [0.15, 0.2) is 53.1 Å². The van der Waals surface area contributed by atoms with Crippen LogP contribution < -0.4 is 10.1 Å². The van der Waals surface area contributed by atoms with E-state index < -0.39 is 0 Å². The van der Waals surface area contributed by atoms with Crippen molar-refractivity contribution in [1.82, 2.24) is 10.5 Å². The fourth-order valence-electron chi connectivity index (χ4n) is 2.89. The van der Waals surface area contributed by atoms with Crippen molar-refractivity contribution in [3.05, 3.63) is 82.2 Å². The van der Waals surface area contributed by atoms with Gasteiger partial charge in [-0.25, -0.2) is 0 Å². The van der Waals surface area contributed by atoms with Crippen molar-refractivity contribution in [2.24, 2.45) is 0 Å². The zero-order valence-electron chi connectivity index (χ0n) is 16.3. The molecule has 0 radical (unpaired) electrons. The van der Waals surface area contributed by atoms with Crippen molar-refractivity contribution in [1.29, 1.82) is 0 Å². The Kier molecular flexibility index (Phi) is 6.45. The summed E-state index contributed by atoms with van der Waals surface area (Å²) >= 11 is 0. The van der Waals surface area contributed by atoms with Gasteiger partial charge in [-0.15, -0.1) is 0 Å². The summed E-state index contributed by atoms with van der Waals surface area (Å²) in [4.78, 5) is 12.6. The van der Waals surface area contributed by atoms with Crippen molar-refractivity contribution < 1.29 is 18.8 Å². The molecule has 1 amide bonds. The van der Waals surface area contributed by atoms with E-state index in [9.17, 15) is 4.79 Å². The van der Waals surface area contributed by atoms with Crippen LogP contribution in [0.2, 0.25) is 0 Å². The van der Waals surface area contributed by atoms with E-state index in [1.165, 1.54) is 0 Å². The number of nitrogens with zero attached hydrogens (tertiary/aromatic N) is 1. The van der Waals surface area contributed by atoms with Crippen LogP contribution in [0, 0.1) is 13.8 Å². The van der Waals surface area contributed by atoms with Gasteiger partial charge in [0.15, 0.2) is 0 Å². The van der Waals surface area contributed by atoms with Gasteiger partial charge >= 0.3 is 0 Å². The van der Waals surface area contributed by atoms with Crippen LogP contribution in [0.4, 0.5) is 0 Å². The number of ether oxygens (including phenoxy) is 2. The summed E-state index contributed by atoms with van der Waals surface area (Å²) in [5.74, 6) is 1.20. The van der Waals surface area contributed by atoms with Crippen molar-refractivity contribution >= 4 is 5.91 Å². The van der Waals surface area contributed by atoms with Crippen LogP contribution in [0.1, 0.15) is 38.5 Å². The van der Waals surface area contributed by atoms with Gasteiger partial charge in [-0.1, -0.05) is 35.5 Å². The van der Waals surface area contributed by atoms with E-state index in [0.29, 0.717) is 31.1 Å². The number of nitrogens with one attached hydrogen (secondary N) is 1. The second kappa shape index (κ2) is 9.19. The average molecular weight is 380 g/mol. The summed E-state index contributed by atoms with van der Waals surface area (Å²) in [6.07, 6.45) is 0. The van der Waals surface area contributed by atoms with Gasteiger partial charge in [0.05, 0.1) is 17.9 Å². The maximum absolute atomic E-state index is 12.6. The third-order valence-corrected chi connectivity index (χ3v) is 4.52. The molecule has 6 heteroatoms. The summed E-state index contributed by atoms with van der Waals surface area (Å²) in [5.41, 5.74) is 4.36. The van der Waals surface area contributed by atoms with E-state index in [1.807, 2.05) is 44.2 Å². The first kappa shape index (κ1) is 19.6. The van der Waals surface area contributed by atoms with Crippen molar-refractivity contribution in [3.8, 4) is 5.75 Å². The molecule has 146 valence electrons. The number of hydrogen-bond acceptors (Lipinski definition) is 5. The minimum atomic E-state index is -0.157. The molecule has 0 saturated heterocycles. The molecule has 6 nitrogen and oxygen atoms in total. The average Bonchev–Trinajstić information content (AvgIpc) is 3.03. The zero-order chi connectivity index (χ0) is 19.9. The zero-order valence-corrected chi connectivity index (χ0v) is 16.3. The molecule has 0 bridgehead atoms. The lowest BCUT2D eigenvalue weighted by molar-refractivity contribution is 0.0950. The van der Waals surface area contributed by atoms with Gasteiger partial charge in [0.25, 0.3) is 5.91 Å². The van der Waals surface area contributed by atoms with E-state index in [-0.39, 0.29) is 5.91 Å². The third-order valence-electron chi connectivity index (χ3n) is 4.52. The van der Waals surface area contributed by atoms with Gasteiger partial charge in [0.1, 0.15) is 18.1 Å². The number of carbonyl (C=O) groups is 1. The number of rotatable bonds is 8. The van der Waals surface area contributed by atoms with E-state index in [1.54, 1.807) is 25.3 Å². The molecule has 0 atom stereocenters. The molecule has 0 spiro atoms. The fraction of sp³-hybridized carbons (Fsp3) is 0.273. The molecule has 0 aliphatic carbocycles. The third kappa shape index (κ3) is 4.78. The molecule has 28 heavy (non-hydrogen) atoms. The summed E-state index contributed by atoms with van der Waals surface area (Å²) in [5, 5.41) is 6.87. The summed E-state index contributed by atoms with van der Waals surface area (Å²) in [7, 11) is 1.66. The maximum atomic E-state index is 12.6. The van der Waals surface area contributed by atoms with Crippen molar-refractivity contribution in [2.45, 2.75) is 33.6 Å². The molecular formula is C22H24N2O4. The Labute approximate surface area is 164 Å². The van der Waals surface area contributed by atoms with E-state index in [0.717, 1.165) is 28.1 Å².